The van der Waals surface area contributed by atoms with Crippen molar-refractivity contribution in [2.24, 2.45) is 0 Å². The van der Waals surface area contributed by atoms with Crippen molar-refractivity contribution in [3.8, 4) is 5.75 Å². The lowest BCUT2D eigenvalue weighted by atomic mass is 10.1. The van der Waals surface area contributed by atoms with Crippen LogP contribution in [0.15, 0.2) is 54.1 Å². The standard InChI is InChI=1S/C19H15ClN2O5/c1-11(19(25)26)27-16-8-7-12(10-15(16)20)9-14-17(23)21-22(18(14)24)13-5-3-2-4-6-13/h2-11H,1H3,(H,21,23)(H,25,26). The second-order valence-electron chi connectivity index (χ2n) is 5.76. The predicted octanol–water partition coefficient (Wildman–Crippen LogP) is 2.65. The van der Waals surface area contributed by atoms with E-state index >= 15 is 0 Å². The summed E-state index contributed by atoms with van der Waals surface area (Å²) in [6, 6.07) is 13.3. The molecule has 1 saturated heterocycles. The van der Waals surface area contributed by atoms with Crippen molar-refractivity contribution in [1.82, 2.24) is 5.43 Å². The van der Waals surface area contributed by atoms with Crippen LogP contribution in [-0.2, 0) is 14.4 Å². The molecule has 2 aromatic rings. The monoisotopic (exact) mass is 386 g/mol. The van der Waals surface area contributed by atoms with Crippen molar-refractivity contribution in [2.75, 3.05) is 5.01 Å². The van der Waals surface area contributed by atoms with Crippen LogP contribution in [0.4, 0.5) is 5.69 Å². The number of rotatable bonds is 5. The van der Waals surface area contributed by atoms with Crippen LogP contribution in [0.1, 0.15) is 12.5 Å². The van der Waals surface area contributed by atoms with Gasteiger partial charge in [0, 0.05) is 0 Å². The van der Waals surface area contributed by atoms with Gasteiger partial charge in [-0.05, 0) is 42.8 Å². The minimum atomic E-state index is -1.12. The van der Waals surface area contributed by atoms with Gasteiger partial charge in [-0.2, -0.15) is 0 Å². The lowest BCUT2D eigenvalue weighted by molar-refractivity contribution is -0.144. The number of nitrogens with zero attached hydrogens (tertiary/aromatic N) is 1. The van der Waals surface area contributed by atoms with E-state index in [1.54, 1.807) is 36.4 Å². The van der Waals surface area contributed by atoms with Gasteiger partial charge in [0.05, 0.1) is 10.7 Å². The Labute approximate surface area is 159 Å². The third-order valence-electron chi connectivity index (χ3n) is 3.82. The first kappa shape index (κ1) is 18.5. The number of hydrogen-bond donors (Lipinski definition) is 2. The molecule has 1 fully saturated rings. The van der Waals surface area contributed by atoms with Crippen LogP contribution < -0.4 is 15.2 Å². The quantitative estimate of drug-likeness (QED) is 0.608. The molecule has 3 rings (SSSR count). The summed E-state index contributed by atoms with van der Waals surface area (Å²) < 4.78 is 5.24. The Bertz CT molecular complexity index is 942. The second kappa shape index (κ2) is 7.51. The number of nitrogens with one attached hydrogen (secondary N) is 1. The maximum absolute atomic E-state index is 12.5. The number of ether oxygens (including phenoxy) is 1. The average molecular weight is 387 g/mol. The first-order valence-electron chi connectivity index (χ1n) is 7.98. The highest BCUT2D eigenvalue weighted by atomic mass is 35.5. The van der Waals surface area contributed by atoms with Crippen LogP contribution in [0.25, 0.3) is 6.08 Å². The van der Waals surface area contributed by atoms with Crippen LogP contribution in [0, 0.1) is 0 Å². The molecule has 1 unspecified atom stereocenters. The van der Waals surface area contributed by atoms with Crippen LogP contribution in [0.2, 0.25) is 5.02 Å². The fraction of sp³-hybridized carbons (Fsp3) is 0.105. The Kier molecular flexibility index (Phi) is 5.14. The van der Waals surface area contributed by atoms with E-state index in [1.807, 2.05) is 0 Å². The molecule has 0 radical (unpaired) electrons. The SMILES string of the molecule is CC(Oc1ccc(C=C2C(=O)NN(c3ccccc3)C2=O)cc1Cl)C(=O)O. The summed E-state index contributed by atoms with van der Waals surface area (Å²) in [6.07, 6.45) is 0.352. The molecule has 2 amide bonds. The van der Waals surface area contributed by atoms with Gasteiger partial charge in [-0.3, -0.25) is 15.0 Å². The molecule has 138 valence electrons. The highest BCUT2D eigenvalue weighted by molar-refractivity contribution is 6.33. The molecule has 0 aliphatic carbocycles. The van der Waals surface area contributed by atoms with E-state index in [-0.39, 0.29) is 16.3 Å². The number of carbonyl (C=O) groups excluding carboxylic acids is 2. The highest BCUT2D eigenvalue weighted by Gasteiger charge is 2.34. The molecule has 1 atom stereocenters. The molecule has 1 heterocycles. The van der Waals surface area contributed by atoms with Crippen LogP contribution in [-0.4, -0.2) is 29.0 Å². The van der Waals surface area contributed by atoms with Crippen molar-refractivity contribution < 1.29 is 24.2 Å². The van der Waals surface area contributed by atoms with E-state index in [0.29, 0.717) is 11.3 Å². The number of hydrogen-bond acceptors (Lipinski definition) is 4. The summed E-state index contributed by atoms with van der Waals surface area (Å²) >= 11 is 6.12. The number of amides is 2. The van der Waals surface area contributed by atoms with Gasteiger partial charge in [0.25, 0.3) is 11.8 Å². The van der Waals surface area contributed by atoms with E-state index in [2.05, 4.69) is 5.43 Å². The molecule has 1 aliphatic heterocycles. The number of aliphatic carboxylic acids is 1. The van der Waals surface area contributed by atoms with E-state index in [4.69, 9.17) is 21.4 Å². The van der Waals surface area contributed by atoms with Crippen molar-refractivity contribution in [1.29, 1.82) is 0 Å². The molecular formula is C19H15ClN2O5. The van der Waals surface area contributed by atoms with E-state index in [0.717, 1.165) is 0 Å². The van der Waals surface area contributed by atoms with Gasteiger partial charge in [0.1, 0.15) is 11.3 Å². The minimum Gasteiger partial charge on any atom is -0.479 e. The van der Waals surface area contributed by atoms with Gasteiger partial charge in [-0.15, -0.1) is 0 Å². The van der Waals surface area contributed by atoms with Crippen molar-refractivity contribution in [3.05, 3.63) is 64.7 Å². The van der Waals surface area contributed by atoms with Crippen LogP contribution >= 0.6 is 11.6 Å². The number of carbonyl (C=O) groups is 3. The molecule has 2 aromatic carbocycles. The third-order valence-corrected chi connectivity index (χ3v) is 4.12. The zero-order valence-corrected chi connectivity index (χ0v) is 14.9. The number of para-hydroxylation sites is 1. The molecule has 2 N–H and O–H groups in total. The first-order chi connectivity index (χ1) is 12.9. The third kappa shape index (κ3) is 3.93. The van der Waals surface area contributed by atoms with Crippen molar-refractivity contribution >= 4 is 41.1 Å². The van der Waals surface area contributed by atoms with Gasteiger partial charge in [-0.25, -0.2) is 9.80 Å². The summed E-state index contributed by atoms with van der Waals surface area (Å²) in [5, 5.41) is 10.2. The molecule has 8 heteroatoms. The normalized spacial score (nSPS) is 16.4. The lowest BCUT2D eigenvalue weighted by Crippen LogP contribution is -2.35. The Morgan fingerprint density at radius 2 is 1.93 bits per heavy atom. The maximum Gasteiger partial charge on any atom is 0.344 e. The largest absolute Gasteiger partial charge is 0.479 e. The molecule has 7 nitrogen and oxygen atoms in total. The van der Waals surface area contributed by atoms with E-state index in [1.165, 1.54) is 30.1 Å². The van der Waals surface area contributed by atoms with Gasteiger partial charge in [0.2, 0.25) is 0 Å². The Morgan fingerprint density at radius 3 is 2.56 bits per heavy atom. The number of anilines is 1. The van der Waals surface area contributed by atoms with Crippen molar-refractivity contribution in [3.63, 3.8) is 0 Å². The molecule has 0 saturated carbocycles. The summed E-state index contributed by atoms with van der Waals surface area (Å²) in [6.45, 7) is 1.38. The molecule has 0 bridgehead atoms. The van der Waals surface area contributed by atoms with E-state index < -0.39 is 23.9 Å². The zero-order valence-electron chi connectivity index (χ0n) is 14.2. The van der Waals surface area contributed by atoms with Gasteiger partial charge < -0.3 is 9.84 Å². The van der Waals surface area contributed by atoms with Crippen LogP contribution in [0.3, 0.4) is 0 Å². The summed E-state index contributed by atoms with van der Waals surface area (Å²) in [7, 11) is 0. The fourth-order valence-electron chi connectivity index (χ4n) is 2.43. The summed E-state index contributed by atoms with van der Waals surface area (Å²) in [5.41, 5.74) is 3.52. The number of benzene rings is 2. The average Bonchev–Trinajstić information content (AvgIpc) is 2.92. The molecule has 0 aromatic heterocycles. The predicted molar refractivity (Wildman–Crippen MR) is 99.2 cm³/mol. The second-order valence-corrected chi connectivity index (χ2v) is 6.17. The zero-order chi connectivity index (χ0) is 19.6. The first-order valence-corrected chi connectivity index (χ1v) is 8.36. The van der Waals surface area contributed by atoms with Crippen molar-refractivity contribution in [2.45, 2.75) is 13.0 Å². The number of halogens is 1. The summed E-state index contributed by atoms with van der Waals surface area (Å²) in [5.74, 6) is -1.93. The molecular weight excluding hydrogens is 372 g/mol. The number of carboxylic acid groups (broad SMARTS) is 1. The fourth-order valence-corrected chi connectivity index (χ4v) is 2.66. The maximum atomic E-state index is 12.5. The van der Waals surface area contributed by atoms with Gasteiger partial charge >= 0.3 is 5.97 Å². The molecule has 1 aliphatic rings. The number of carboxylic acids is 1. The Balaban J connectivity index is 1.84. The molecule has 0 spiro atoms. The smallest absolute Gasteiger partial charge is 0.344 e. The van der Waals surface area contributed by atoms with Gasteiger partial charge in [-0.1, -0.05) is 35.9 Å². The topological polar surface area (TPSA) is 95.9 Å². The number of hydrazine groups is 1. The van der Waals surface area contributed by atoms with Gasteiger partial charge in [0.15, 0.2) is 6.10 Å². The van der Waals surface area contributed by atoms with E-state index in [9.17, 15) is 14.4 Å². The minimum absolute atomic E-state index is 0.0394. The lowest BCUT2D eigenvalue weighted by Gasteiger charge is -2.14. The van der Waals surface area contributed by atoms with Crippen LogP contribution in [0.5, 0.6) is 5.75 Å². The molecule has 27 heavy (non-hydrogen) atoms. The Morgan fingerprint density at radius 1 is 1.22 bits per heavy atom. The Hall–Kier alpha value is -3.32. The highest BCUT2D eigenvalue weighted by Crippen LogP contribution is 2.28. The summed E-state index contributed by atoms with van der Waals surface area (Å²) in [4.78, 5) is 35.6.